The van der Waals surface area contributed by atoms with Crippen molar-refractivity contribution < 1.29 is 8.82 Å². The average Bonchev–Trinajstić information content (AvgIpc) is 2.15. The zero-order valence-corrected chi connectivity index (χ0v) is 11.8. The fraction of sp³-hybridized carbons (Fsp3) is 0.538. The molecule has 16 heavy (non-hydrogen) atoms. The third kappa shape index (κ3) is 3.16. The van der Waals surface area contributed by atoms with Crippen LogP contribution in [0.3, 0.4) is 0 Å². The van der Waals surface area contributed by atoms with Gasteiger partial charge < -0.3 is 4.43 Å². The Morgan fingerprint density at radius 3 is 2.25 bits per heavy atom. The van der Waals surface area contributed by atoms with Gasteiger partial charge >= 0.3 is 0 Å². The van der Waals surface area contributed by atoms with Gasteiger partial charge in [0.25, 0.3) is 0 Å². The fourth-order valence-electron chi connectivity index (χ4n) is 1.09. The average molecular weight is 240 g/mol. The first-order valence-electron chi connectivity index (χ1n) is 5.61. The highest BCUT2D eigenvalue weighted by atomic mass is 28.4. The van der Waals surface area contributed by atoms with E-state index in [2.05, 4.69) is 33.9 Å². The first kappa shape index (κ1) is 13.4. The molecular weight excluding hydrogens is 219 g/mol. The molecule has 0 aliphatic carbocycles. The first-order valence-corrected chi connectivity index (χ1v) is 8.52. The van der Waals surface area contributed by atoms with Gasteiger partial charge in [0.2, 0.25) is 0 Å². The Kier molecular flexibility index (Phi) is 3.91. The monoisotopic (exact) mass is 240 g/mol. The van der Waals surface area contributed by atoms with Gasteiger partial charge in [0.05, 0.1) is 6.61 Å². The second kappa shape index (κ2) is 4.68. The van der Waals surface area contributed by atoms with Crippen LogP contribution in [0.5, 0.6) is 0 Å². The molecule has 0 atom stereocenters. The maximum atomic E-state index is 13.4. The van der Waals surface area contributed by atoms with Crippen LogP contribution in [0, 0.1) is 5.82 Å². The van der Waals surface area contributed by atoms with Crippen molar-refractivity contribution >= 4 is 8.32 Å². The quantitative estimate of drug-likeness (QED) is 0.714. The molecule has 0 amide bonds. The molecule has 0 saturated heterocycles. The van der Waals surface area contributed by atoms with E-state index in [0.29, 0.717) is 12.2 Å². The molecule has 0 spiro atoms. The van der Waals surface area contributed by atoms with Crippen LogP contribution < -0.4 is 0 Å². The molecule has 0 aliphatic heterocycles. The van der Waals surface area contributed by atoms with E-state index in [-0.39, 0.29) is 10.9 Å². The Morgan fingerprint density at radius 1 is 1.19 bits per heavy atom. The molecule has 0 fully saturated rings. The van der Waals surface area contributed by atoms with Crippen LogP contribution in [0.1, 0.15) is 26.3 Å². The molecule has 0 aromatic heterocycles. The van der Waals surface area contributed by atoms with Gasteiger partial charge in [-0.2, -0.15) is 0 Å². The van der Waals surface area contributed by atoms with Gasteiger partial charge in [0, 0.05) is 5.56 Å². The zero-order chi connectivity index (χ0) is 12.4. The van der Waals surface area contributed by atoms with E-state index in [9.17, 15) is 4.39 Å². The molecule has 0 radical (unpaired) electrons. The third-order valence-electron chi connectivity index (χ3n) is 3.35. The second-order valence-corrected chi connectivity index (χ2v) is 10.4. The van der Waals surface area contributed by atoms with Crippen LogP contribution in [0.25, 0.3) is 0 Å². The van der Waals surface area contributed by atoms with E-state index in [1.54, 1.807) is 12.1 Å². The van der Waals surface area contributed by atoms with Crippen molar-refractivity contribution in [2.45, 2.75) is 45.5 Å². The summed E-state index contributed by atoms with van der Waals surface area (Å²) in [5.74, 6) is -0.179. The summed E-state index contributed by atoms with van der Waals surface area (Å²) in [6.07, 6.45) is 0. The van der Waals surface area contributed by atoms with Crippen LogP contribution in [0.4, 0.5) is 4.39 Å². The summed E-state index contributed by atoms with van der Waals surface area (Å²) in [4.78, 5) is 0. The van der Waals surface area contributed by atoms with Crippen LogP contribution in [0.15, 0.2) is 24.3 Å². The number of hydrogen-bond acceptors (Lipinski definition) is 1. The highest BCUT2D eigenvalue weighted by Crippen LogP contribution is 2.37. The Balaban J connectivity index is 2.69. The molecular formula is C13H21FOSi. The van der Waals surface area contributed by atoms with E-state index in [0.717, 1.165) is 0 Å². The summed E-state index contributed by atoms with van der Waals surface area (Å²) >= 11 is 0. The molecule has 0 aliphatic rings. The lowest BCUT2D eigenvalue weighted by molar-refractivity contribution is 0.271. The summed E-state index contributed by atoms with van der Waals surface area (Å²) in [7, 11) is -1.78. The Morgan fingerprint density at radius 2 is 1.75 bits per heavy atom. The molecule has 90 valence electrons. The zero-order valence-electron chi connectivity index (χ0n) is 10.8. The molecule has 1 rings (SSSR count). The SMILES string of the molecule is CC(C)(C)[Si](C)(C)OCc1ccccc1F. The van der Waals surface area contributed by atoms with Gasteiger partial charge in [0.1, 0.15) is 5.82 Å². The van der Waals surface area contributed by atoms with Crippen molar-refractivity contribution in [3.63, 3.8) is 0 Å². The normalized spacial score (nSPS) is 12.9. The minimum atomic E-state index is -1.78. The van der Waals surface area contributed by atoms with Gasteiger partial charge in [-0.15, -0.1) is 0 Å². The molecule has 1 aromatic carbocycles. The van der Waals surface area contributed by atoms with Crippen molar-refractivity contribution in [3.05, 3.63) is 35.6 Å². The molecule has 0 saturated carbocycles. The number of hydrogen-bond donors (Lipinski definition) is 0. The van der Waals surface area contributed by atoms with Crippen molar-refractivity contribution in [1.82, 2.24) is 0 Å². The lowest BCUT2D eigenvalue weighted by Crippen LogP contribution is -2.40. The Labute approximate surface area is 98.8 Å². The Bertz CT molecular complexity index is 355. The standard InChI is InChI=1S/C13H21FOSi/c1-13(2,3)16(4,5)15-10-11-8-6-7-9-12(11)14/h6-9H,10H2,1-5H3. The fourth-order valence-corrected chi connectivity index (χ4v) is 2.04. The first-order chi connectivity index (χ1) is 7.24. The number of rotatable bonds is 3. The summed E-state index contributed by atoms with van der Waals surface area (Å²) < 4.78 is 19.4. The molecule has 0 unspecified atom stereocenters. The molecule has 0 heterocycles. The van der Waals surface area contributed by atoms with Crippen molar-refractivity contribution in [1.29, 1.82) is 0 Å². The summed E-state index contributed by atoms with van der Waals surface area (Å²) in [6, 6.07) is 6.80. The highest BCUT2D eigenvalue weighted by Gasteiger charge is 2.37. The van der Waals surface area contributed by atoms with Gasteiger partial charge in [-0.05, 0) is 24.2 Å². The molecule has 1 nitrogen and oxygen atoms in total. The summed E-state index contributed by atoms with van der Waals surface area (Å²) in [6.45, 7) is 11.3. The van der Waals surface area contributed by atoms with E-state index in [1.807, 2.05) is 6.07 Å². The highest BCUT2D eigenvalue weighted by molar-refractivity contribution is 6.74. The maximum absolute atomic E-state index is 13.4. The molecule has 0 N–H and O–H groups in total. The molecule has 3 heteroatoms. The lowest BCUT2D eigenvalue weighted by Gasteiger charge is -2.36. The van der Waals surface area contributed by atoms with Crippen LogP contribution in [-0.2, 0) is 11.0 Å². The predicted molar refractivity (Wildman–Crippen MR) is 68.4 cm³/mol. The van der Waals surface area contributed by atoms with Crippen molar-refractivity contribution in [2.75, 3.05) is 0 Å². The van der Waals surface area contributed by atoms with Crippen molar-refractivity contribution in [2.24, 2.45) is 0 Å². The second-order valence-electron chi connectivity index (χ2n) is 5.64. The topological polar surface area (TPSA) is 9.23 Å². The number of benzene rings is 1. The third-order valence-corrected chi connectivity index (χ3v) is 7.83. The maximum Gasteiger partial charge on any atom is 0.192 e. The van der Waals surface area contributed by atoms with Crippen LogP contribution in [0.2, 0.25) is 18.1 Å². The van der Waals surface area contributed by atoms with Crippen molar-refractivity contribution in [3.8, 4) is 0 Å². The Hall–Kier alpha value is -0.673. The minimum Gasteiger partial charge on any atom is -0.412 e. The van der Waals surface area contributed by atoms with Gasteiger partial charge in [-0.3, -0.25) is 0 Å². The van der Waals surface area contributed by atoms with Crippen LogP contribution >= 0.6 is 0 Å². The van der Waals surface area contributed by atoms with Gasteiger partial charge in [-0.25, -0.2) is 4.39 Å². The summed E-state index contributed by atoms with van der Waals surface area (Å²) in [5.41, 5.74) is 0.646. The van der Waals surface area contributed by atoms with Crippen LogP contribution in [-0.4, -0.2) is 8.32 Å². The minimum absolute atomic E-state index is 0.165. The largest absolute Gasteiger partial charge is 0.412 e. The lowest BCUT2D eigenvalue weighted by atomic mass is 10.2. The molecule has 1 aromatic rings. The smallest absolute Gasteiger partial charge is 0.192 e. The van der Waals surface area contributed by atoms with E-state index < -0.39 is 8.32 Å². The van der Waals surface area contributed by atoms with Gasteiger partial charge in [-0.1, -0.05) is 39.0 Å². The predicted octanol–water partition coefficient (Wildman–Crippen LogP) is 4.35. The van der Waals surface area contributed by atoms with Gasteiger partial charge in [0.15, 0.2) is 8.32 Å². The van der Waals surface area contributed by atoms with E-state index in [1.165, 1.54) is 6.07 Å². The summed E-state index contributed by atoms with van der Waals surface area (Å²) in [5, 5.41) is 0.165. The molecule has 0 bridgehead atoms. The van der Waals surface area contributed by atoms with E-state index >= 15 is 0 Å². The van der Waals surface area contributed by atoms with E-state index in [4.69, 9.17) is 4.43 Å². The number of halogens is 1.